The van der Waals surface area contributed by atoms with Crippen molar-refractivity contribution in [1.29, 1.82) is 0 Å². The van der Waals surface area contributed by atoms with Gasteiger partial charge in [0.15, 0.2) is 0 Å². The van der Waals surface area contributed by atoms with Crippen LogP contribution in [0.15, 0.2) is 24.3 Å². The first-order valence-electron chi connectivity index (χ1n) is 8.82. The number of carboxylic acids is 1. The van der Waals surface area contributed by atoms with E-state index in [0.717, 1.165) is 31.5 Å². The summed E-state index contributed by atoms with van der Waals surface area (Å²) >= 11 is 0. The minimum Gasteiger partial charge on any atom is -0.481 e. The van der Waals surface area contributed by atoms with Gasteiger partial charge in [0.25, 0.3) is 0 Å². The highest BCUT2D eigenvalue weighted by Gasteiger charge is 2.29. The third-order valence-electron chi connectivity index (χ3n) is 4.91. The molecule has 1 heterocycles. The Morgan fingerprint density at radius 1 is 1.44 bits per heavy atom. The molecule has 1 amide bonds. The van der Waals surface area contributed by atoms with Crippen molar-refractivity contribution in [2.45, 2.75) is 45.2 Å². The molecule has 138 valence electrons. The van der Waals surface area contributed by atoms with Gasteiger partial charge in [-0.15, -0.1) is 0 Å². The first-order chi connectivity index (χ1) is 11.9. The highest BCUT2D eigenvalue weighted by molar-refractivity contribution is 5.81. The van der Waals surface area contributed by atoms with Crippen LogP contribution in [0.5, 0.6) is 0 Å². The fourth-order valence-electron chi connectivity index (χ4n) is 3.47. The second-order valence-corrected chi connectivity index (χ2v) is 6.94. The van der Waals surface area contributed by atoms with Crippen LogP contribution in [0.2, 0.25) is 0 Å². The lowest BCUT2D eigenvalue weighted by Crippen LogP contribution is -2.49. The van der Waals surface area contributed by atoms with E-state index in [1.54, 1.807) is 24.1 Å². The summed E-state index contributed by atoms with van der Waals surface area (Å²) in [6, 6.07) is 6.02. The molecule has 0 saturated carbocycles. The van der Waals surface area contributed by atoms with E-state index in [9.17, 15) is 14.0 Å². The van der Waals surface area contributed by atoms with Crippen molar-refractivity contribution in [3.63, 3.8) is 0 Å². The Hall–Kier alpha value is -1.95. The van der Waals surface area contributed by atoms with E-state index in [2.05, 4.69) is 4.90 Å². The highest BCUT2D eigenvalue weighted by atomic mass is 19.1. The van der Waals surface area contributed by atoms with Crippen molar-refractivity contribution in [2.75, 3.05) is 20.1 Å². The van der Waals surface area contributed by atoms with Crippen LogP contribution >= 0.6 is 0 Å². The Bertz CT molecular complexity index is 608. The number of amides is 1. The van der Waals surface area contributed by atoms with Gasteiger partial charge in [0.2, 0.25) is 5.91 Å². The van der Waals surface area contributed by atoms with E-state index in [-0.39, 0.29) is 24.2 Å². The molecule has 2 rings (SSSR count). The zero-order valence-electron chi connectivity index (χ0n) is 14.9. The Morgan fingerprint density at radius 3 is 2.88 bits per heavy atom. The zero-order valence-corrected chi connectivity index (χ0v) is 14.9. The number of piperidine rings is 1. The van der Waals surface area contributed by atoms with Gasteiger partial charge in [0, 0.05) is 26.6 Å². The molecule has 0 spiro atoms. The number of nitrogens with zero attached hydrogens (tertiary/aromatic N) is 2. The van der Waals surface area contributed by atoms with Crippen molar-refractivity contribution >= 4 is 11.9 Å². The number of benzene rings is 1. The monoisotopic (exact) mass is 350 g/mol. The fourth-order valence-corrected chi connectivity index (χ4v) is 3.47. The largest absolute Gasteiger partial charge is 0.481 e. The number of hydrogen-bond donors (Lipinski definition) is 1. The normalized spacial score (nSPS) is 19.4. The maximum Gasteiger partial charge on any atom is 0.303 e. The highest BCUT2D eigenvalue weighted by Crippen LogP contribution is 2.23. The molecular formula is C19H27FN2O3. The molecule has 1 aliphatic heterocycles. The van der Waals surface area contributed by atoms with Gasteiger partial charge in [-0.05, 0) is 56.3 Å². The number of aliphatic carboxylic acids is 1. The van der Waals surface area contributed by atoms with Gasteiger partial charge in [-0.2, -0.15) is 0 Å². The fraction of sp³-hybridized carbons (Fsp3) is 0.579. The summed E-state index contributed by atoms with van der Waals surface area (Å²) in [6.07, 6.45) is 2.84. The number of rotatable bonds is 7. The molecule has 0 aromatic heterocycles. The summed E-state index contributed by atoms with van der Waals surface area (Å²) in [5.41, 5.74) is 0.765. The van der Waals surface area contributed by atoms with Gasteiger partial charge < -0.3 is 10.0 Å². The van der Waals surface area contributed by atoms with E-state index in [4.69, 9.17) is 5.11 Å². The topological polar surface area (TPSA) is 60.9 Å². The second-order valence-electron chi connectivity index (χ2n) is 6.94. The van der Waals surface area contributed by atoms with Gasteiger partial charge in [0.1, 0.15) is 5.82 Å². The Labute approximate surface area is 148 Å². The Morgan fingerprint density at radius 2 is 2.20 bits per heavy atom. The molecule has 1 N–H and O–H groups in total. The van der Waals surface area contributed by atoms with Crippen LogP contribution in [0.3, 0.4) is 0 Å². The first kappa shape index (κ1) is 19.4. The third-order valence-corrected chi connectivity index (χ3v) is 4.91. The van der Waals surface area contributed by atoms with Crippen molar-refractivity contribution < 1.29 is 19.1 Å². The van der Waals surface area contributed by atoms with Crippen LogP contribution in [-0.2, 0) is 16.1 Å². The SMILES string of the molecule is CC(C(=O)N(C)Cc1cccc(F)c1)N1CCCC(CCC(=O)O)C1. The summed E-state index contributed by atoms with van der Waals surface area (Å²) < 4.78 is 13.3. The molecule has 6 heteroatoms. The Kier molecular flexibility index (Phi) is 6.93. The number of carbonyl (C=O) groups is 2. The van der Waals surface area contributed by atoms with Gasteiger partial charge >= 0.3 is 5.97 Å². The molecule has 25 heavy (non-hydrogen) atoms. The molecule has 0 bridgehead atoms. The second kappa shape index (κ2) is 8.94. The summed E-state index contributed by atoms with van der Waals surface area (Å²) in [4.78, 5) is 27.2. The minimum absolute atomic E-state index is 0.00291. The minimum atomic E-state index is -0.768. The summed E-state index contributed by atoms with van der Waals surface area (Å²) in [5, 5.41) is 8.84. The van der Waals surface area contributed by atoms with Gasteiger partial charge in [-0.25, -0.2) is 4.39 Å². The van der Waals surface area contributed by atoms with Gasteiger partial charge in [-0.1, -0.05) is 12.1 Å². The van der Waals surface area contributed by atoms with Crippen molar-refractivity contribution in [3.8, 4) is 0 Å². The summed E-state index contributed by atoms with van der Waals surface area (Å²) in [7, 11) is 1.73. The average Bonchev–Trinajstić information content (AvgIpc) is 2.59. The van der Waals surface area contributed by atoms with Crippen LogP contribution in [0.4, 0.5) is 4.39 Å². The van der Waals surface area contributed by atoms with Gasteiger partial charge in [0.05, 0.1) is 6.04 Å². The van der Waals surface area contributed by atoms with E-state index in [1.165, 1.54) is 12.1 Å². The molecule has 1 fully saturated rings. The predicted octanol–water partition coefficient (Wildman–Crippen LogP) is 2.75. The third kappa shape index (κ3) is 5.81. The molecule has 1 aromatic rings. The molecule has 5 nitrogen and oxygen atoms in total. The van der Waals surface area contributed by atoms with Crippen molar-refractivity contribution in [2.24, 2.45) is 5.92 Å². The number of hydrogen-bond acceptors (Lipinski definition) is 3. The average molecular weight is 350 g/mol. The van der Waals surface area contributed by atoms with E-state index < -0.39 is 5.97 Å². The van der Waals surface area contributed by atoms with Crippen LogP contribution in [0.25, 0.3) is 0 Å². The quantitative estimate of drug-likeness (QED) is 0.821. The molecule has 1 aliphatic rings. The van der Waals surface area contributed by atoms with Gasteiger partial charge in [-0.3, -0.25) is 14.5 Å². The lowest BCUT2D eigenvalue weighted by Gasteiger charge is -2.37. The molecule has 1 aromatic carbocycles. The van der Waals surface area contributed by atoms with Crippen LogP contribution in [0.1, 0.15) is 38.2 Å². The number of likely N-dealkylation sites (tertiary alicyclic amines) is 1. The molecule has 2 atom stereocenters. The first-order valence-corrected chi connectivity index (χ1v) is 8.82. The van der Waals surface area contributed by atoms with Crippen LogP contribution in [-0.4, -0.2) is 53.0 Å². The number of carbonyl (C=O) groups excluding carboxylic acids is 1. The van der Waals surface area contributed by atoms with E-state index >= 15 is 0 Å². The number of halogens is 1. The van der Waals surface area contributed by atoms with E-state index in [0.29, 0.717) is 18.9 Å². The number of carboxylic acid groups (broad SMARTS) is 1. The maximum absolute atomic E-state index is 13.3. The number of likely N-dealkylation sites (N-methyl/N-ethyl adjacent to an activating group) is 1. The Balaban J connectivity index is 1.90. The summed E-state index contributed by atoms with van der Waals surface area (Å²) in [5.74, 6) is -0.739. The molecule has 0 aliphatic carbocycles. The van der Waals surface area contributed by atoms with Crippen LogP contribution in [0, 0.1) is 11.7 Å². The maximum atomic E-state index is 13.3. The molecule has 1 saturated heterocycles. The molecule has 2 unspecified atom stereocenters. The lowest BCUT2D eigenvalue weighted by atomic mass is 9.92. The standard InChI is InChI=1S/C19H27FN2O3/c1-14(22-10-4-6-15(13-22)8-9-18(23)24)19(25)21(2)12-16-5-3-7-17(20)11-16/h3,5,7,11,14-15H,4,6,8-10,12-13H2,1-2H3,(H,23,24). The molecule has 0 radical (unpaired) electrons. The predicted molar refractivity (Wildman–Crippen MR) is 93.5 cm³/mol. The van der Waals surface area contributed by atoms with Crippen molar-refractivity contribution in [1.82, 2.24) is 9.80 Å². The lowest BCUT2D eigenvalue weighted by molar-refractivity contribution is -0.138. The zero-order chi connectivity index (χ0) is 18.4. The smallest absolute Gasteiger partial charge is 0.303 e. The molecular weight excluding hydrogens is 323 g/mol. The van der Waals surface area contributed by atoms with Crippen molar-refractivity contribution in [3.05, 3.63) is 35.6 Å². The summed E-state index contributed by atoms with van der Waals surface area (Å²) in [6.45, 7) is 3.87. The van der Waals surface area contributed by atoms with Crippen LogP contribution < -0.4 is 0 Å². The van der Waals surface area contributed by atoms with E-state index in [1.807, 2.05) is 6.92 Å².